The maximum atomic E-state index is 12.4. The van der Waals surface area contributed by atoms with Crippen LogP contribution in [0, 0.1) is 11.8 Å². The highest BCUT2D eigenvalue weighted by Gasteiger charge is 2.67. The monoisotopic (exact) mass is 285 g/mol. The van der Waals surface area contributed by atoms with Crippen LogP contribution in [0.1, 0.15) is 5.56 Å². The molecule has 4 nitrogen and oxygen atoms in total. The van der Waals surface area contributed by atoms with E-state index in [9.17, 15) is 14.4 Å². The lowest BCUT2D eigenvalue weighted by molar-refractivity contribution is -0.145. The molecule has 0 saturated carbocycles. The average Bonchev–Trinajstić information content (AvgIpc) is 3.12. The number of rotatable bonds is 2. The minimum atomic E-state index is -0.499. The Balaban J connectivity index is 1.88. The molecule has 0 aromatic heterocycles. The maximum Gasteiger partial charge on any atom is 0.241 e. The van der Waals surface area contributed by atoms with Crippen LogP contribution in [0.15, 0.2) is 42.5 Å². The number of amides is 3. The van der Waals surface area contributed by atoms with Crippen molar-refractivity contribution in [3.05, 3.63) is 48.0 Å². The molecule has 3 aliphatic heterocycles. The van der Waals surface area contributed by atoms with Crippen molar-refractivity contribution in [3.63, 3.8) is 0 Å². The molecule has 0 aliphatic carbocycles. The number of hydrogen-bond donors (Lipinski definition) is 0. The number of carbonyl (C=O) groups excluding carboxylic acids is 3. The van der Waals surface area contributed by atoms with E-state index in [1.807, 2.05) is 42.5 Å². The highest BCUT2D eigenvalue weighted by atomic mass is 32.2. The Kier molecular flexibility index (Phi) is 2.27. The van der Waals surface area contributed by atoms with Crippen molar-refractivity contribution in [2.75, 3.05) is 0 Å². The normalized spacial score (nSPS) is 37.6. The van der Waals surface area contributed by atoms with Gasteiger partial charge in [0, 0.05) is 5.25 Å². The Morgan fingerprint density at radius 1 is 1.15 bits per heavy atom. The number of thioether (sulfide) groups is 1. The second kappa shape index (κ2) is 3.82. The predicted molar refractivity (Wildman–Crippen MR) is 73.5 cm³/mol. The quantitative estimate of drug-likeness (QED) is 0.467. The minimum absolute atomic E-state index is 0.0124. The van der Waals surface area contributed by atoms with Gasteiger partial charge < -0.3 is 0 Å². The van der Waals surface area contributed by atoms with Crippen LogP contribution in [0.4, 0.5) is 0 Å². The molecule has 20 heavy (non-hydrogen) atoms. The number of carbonyl (C=O) groups is 3. The average molecular weight is 285 g/mol. The molecule has 0 N–H and O–H groups in total. The number of fused-ring (bicyclic) bond motifs is 5. The van der Waals surface area contributed by atoms with Gasteiger partial charge in [-0.05, 0) is 5.56 Å². The number of imide groups is 3. The van der Waals surface area contributed by atoms with E-state index in [2.05, 4.69) is 0 Å². The molecule has 1 aromatic rings. The van der Waals surface area contributed by atoms with Crippen molar-refractivity contribution in [1.82, 2.24) is 4.90 Å². The van der Waals surface area contributed by atoms with Crippen molar-refractivity contribution < 1.29 is 14.4 Å². The fourth-order valence-electron chi connectivity index (χ4n) is 3.55. The molecule has 0 radical (unpaired) electrons. The standard InChI is InChI=1S/C15H11NO3S/c17-8-16-13(18)11-10-6-7-15(20-10,12(11)14(16)19)9-4-2-1-3-5-9/h1-8,10-12H. The van der Waals surface area contributed by atoms with Crippen molar-refractivity contribution in [2.45, 2.75) is 10.00 Å². The van der Waals surface area contributed by atoms with Crippen LogP contribution in [0.25, 0.3) is 0 Å². The molecule has 4 rings (SSSR count). The molecule has 3 amide bonds. The summed E-state index contributed by atoms with van der Waals surface area (Å²) in [5.41, 5.74) is 1.02. The van der Waals surface area contributed by atoms with E-state index in [-0.39, 0.29) is 17.1 Å². The van der Waals surface area contributed by atoms with Gasteiger partial charge in [-0.15, -0.1) is 11.8 Å². The van der Waals surface area contributed by atoms with E-state index in [4.69, 9.17) is 0 Å². The zero-order valence-electron chi connectivity index (χ0n) is 10.4. The molecule has 4 atom stereocenters. The van der Waals surface area contributed by atoms with E-state index >= 15 is 0 Å². The van der Waals surface area contributed by atoms with E-state index in [0.717, 1.165) is 10.5 Å². The highest BCUT2D eigenvalue weighted by Crippen LogP contribution is 2.64. The molecule has 5 heteroatoms. The summed E-state index contributed by atoms with van der Waals surface area (Å²) in [7, 11) is 0. The van der Waals surface area contributed by atoms with Gasteiger partial charge in [0.15, 0.2) is 0 Å². The van der Waals surface area contributed by atoms with Crippen molar-refractivity contribution >= 4 is 30.0 Å². The van der Waals surface area contributed by atoms with E-state index in [1.54, 1.807) is 11.8 Å². The summed E-state index contributed by atoms with van der Waals surface area (Å²) in [6.45, 7) is 0. The summed E-state index contributed by atoms with van der Waals surface area (Å²) >= 11 is 1.65. The van der Waals surface area contributed by atoms with Crippen LogP contribution in [0.2, 0.25) is 0 Å². The summed E-state index contributed by atoms with van der Waals surface area (Å²) in [6.07, 6.45) is 4.38. The number of benzene rings is 1. The van der Waals surface area contributed by atoms with Crippen LogP contribution >= 0.6 is 11.8 Å². The lowest BCUT2D eigenvalue weighted by atomic mass is 9.74. The SMILES string of the molecule is O=CN1C(=O)C2C3C=CC(c4ccccc4)(S3)C2C1=O. The smallest absolute Gasteiger partial charge is 0.241 e. The topological polar surface area (TPSA) is 54.5 Å². The van der Waals surface area contributed by atoms with Gasteiger partial charge >= 0.3 is 0 Å². The predicted octanol–water partition coefficient (Wildman–Crippen LogP) is 1.32. The van der Waals surface area contributed by atoms with Crippen LogP contribution < -0.4 is 0 Å². The Morgan fingerprint density at radius 2 is 1.90 bits per heavy atom. The molecule has 0 spiro atoms. The van der Waals surface area contributed by atoms with Crippen LogP contribution in [-0.2, 0) is 19.1 Å². The van der Waals surface area contributed by atoms with Crippen molar-refractivity contribution in [1.29, 1.82) is 0 Å². The fraction of sp³-hybridized carbons (Fsp3) is 0.267. The summed E-state index contributed by atoms with van der Waals surface area (Å²) < 4.78 is -0.499. The lowest BCUT2D eigenvalue weighted by Gasteiger charge is -2.29. The summed E-state index contributed by atoms with van der Waals surface area (Å²) in [5, 5.41) is -0.0124. The number of hydrogen-bond acceptors (Lipinski definition) is 4. The van der Waals surface area contributed by atoms with E-state index in [0.29, 0.717) is 6.41 Å². The van der Waals surface area contributed by atoms with Gasteiger partial charge in [-0.2, -0.15) is 0 Å². The second-order valence-corrected chi connectivity index (χ2v) is 6.71. The first-order chi connectivity index (χ1) is 9.69. The lowest BCUT2D eigenvalue weighted by Crippen LogP contribution is -2.36. The first-order valence-corrected chi connectivity index (χ1v) is 7.32. The molecule has 3 aliphatic rings. The zero-order valence-corrected chi connectivity index (χ0v) is 11.2. The largest absolute Gasteiger partial charge is 0.278 e. The molecule has 1 aromatic carbocycles. The summed E-state index contributed by atoms with van der Waals surface area (Å²) in [6, 6.07) is 9.73. The Hall–Kier alpha value is -1.88. The van der Waals surface area contributed by atoms with Gasteiger partial charge in [-0.3, -0.25) is 14.4 Å². The Labute approximate surface area is 119 Å². The highest BCUT2D eigenvalue weighted by molar-refractivity contribution is 8.01. The molecular weight excluding hydrogens is 274 g/mol. The van der Waals surface area contributed by atoms with Gasteiger partial charge in [0.25, 0.3) is 0 Å². The van der Waals surface area contributed by atoms with Crippen LogP contribution in [0.5, 0.6) is 0 Å². The Bertz CT molecular complexity index is 656. The Morgan fingerprint density at radius 3 is 2.60 bits per heavy atom. The molecule has 2 fully saturated rings. The third-order valence-electron chi connectivity index (χ3n) is 4.40. The molecule has 100 valence electrons. The number of likely N-dealkylation sites (tertiary alicyclic amines) is 1. The second-order valence-electron chi connectivity index (χ2n) is 5.26. The van der Waals surface area contributed by atoms with Gasteiger partial charge in [0.05, 0.1) is 16.6 Å². The van der Waals surface area contributed by atoms with E-state index in [1.165, 1.54) is 0 Å². The molecule has 4 unspecified atom stereocenters. The van der Waals surface area contributed by atoms with Gasteiger partial charge in [-0.25, -0.2) is 4.90 Å². The van der Waals surface area contributed by atoms with E-state index < -0.39 is 16.6 Å². The van der Waals surface area contributed by atoms with Crippen LogP contribution in [-0.4, -0.2) is 28.4 Å². The van der Waals surface area contributed by atoms with Crippen molar-refractivity contribution in [3.8, 4) is 0 Å². The number of nitrogens with zero attached hydrogens (tertiary/aromatic N) is 1. The maximum absolute atomic E-state index is 12.4. The first kappa shape index (κ1) is 11.9. The third kappa shape index (κ3) is 1.21. The fourth-order valence-corrected chi connectivity index (χ4v) is 5.40. The van der Waals surface area contributed by atoms with Gasteiger partial charge in [0.1, 0.15) is 0 Å². The molecule has 3 heterocycles. The molecular formula is C15H11NO3S. The first-order valence-electron chi connectivity index (χ1n) is 6.44. The third-order valence-corrected chi connectivity index (χ3v) is 6.13. The zero-order chi connectivity index (χ0) is 13.9. The van der Waals surface area contributed by atoms with Crippen molar-refractivity contribution in [2.24, 2.45) is 11.8 Å². The summed E-state index contributed by atoms with van der Waals surface area (Å²) in [4.78, 5) is 36.4. The van der Waals surface area contributed by atoms with Gasteiger partial charge in [0.2, 0.25) is 18.2 Å². The van der Waals surface area contributed by atoms with Crippen LogP contribution in [0.3, 0.4) is 0 Å². The minimum Gasteiger partial charge on any atom is -0.278 e. The van der Waals surface area contributed by atoms with Gasteiger partial charge in [-0.1, -0.05) is 42.5 Å². The molecule has 2 saturated heterocycles. The molecule has 2 bridgehead atoms. The summed E-state index contributed by atoms with van der Waals surface area (Å²) in [5.74, 6) is -1.57.